The van der Waals surface area contributed by atoms with Gasteiger partial charge in [0.05, 0.1) is 31.8 Å². The van der Waals surface area contributed by atoms with Crippen LogP contribution in [0.2, 0.25) is 0 Å². The van der Waals surface area contributed by atoms with Gasteiger partial charge in [-0.1, -0.05) is 12.1 Å². The van der Waals surface area contributed by atoms with Gasteiger partial charge in [-0.25, -0.2) is 0 Å². The molecule has 1 N–H and O–H groups in total. The van der Waals surface area contributed by atoms with E-state index in [1.807, 2.05) is 62.1 Å². The molecular formula is C29H40N2O4. The number of aliphatic hydroxyl groups is 1. The molecule has 1 fully saturated rings. The van der Waals surface area contributed by atoms with E-state index in [2.05, 4.69) is 18.7 Å². The lowest BCUT2D eigenvalue weighted by atomic mass is 9.77. The fraction of sp³-hybridized carbons (Fsp3) is 0.552. The summed E-state index contributed by atoms with van der Waals surface area (Å²) < 4.78 is 11.4. The van der Waals surface area contributed by atoms with Crippen LogP contribution in [0, 0.1) is 5.92 Å². The third-order valence-corrected chi connectivity index (χ3v) is 7.64. The summed E-state index contributed by atoms with van der Waals surface area (Å²) in [4.78, 5) is 17.3. The summed E-state index contributed by atoms with van der Waals surface area (Å²) in [6.07, 6.45) is 2.32. The van der Waals surface area contributed by atoms with Crippen LogP contribution in [0.3, 0.4) is 0 Å². The molecule has 4 rings (SSSR count). The highest BCUT2D eigenvalue weighted by molar-refractivity contribution is 5.96. The van der Waals surface area contributed by atoms with Gasteiger partial charge in [-0.3, -0.25) is 4.79 Å². The minimum Gasteiger partial charge on any atom is -0.493 e. The van der Waals surface area contributed by atoms with Crippen molar-refractivity contribution in [2.45, 2.75) is 78.2 Å². The second kappa shape index (κ2) is 10.2. The van der Waals surface area contributed by atoms with Crippen molar-refractivity contribution in [2.75, 3.05) is 25.1 Å². The van der Waals surface area contributed by atoms with E-state index in [1.165, 1.54) is 0 Å². The Kier molecular flexibility index (Phi) is 7.43. The summed E-state index contributed by atoms with van der Waals surface area (Å²) in [7, 11) is 1.62. The number of hydrogen-bond donors (Lipinski definition) is 1. The third-order valence-electron chi connectivity index (χ3n) is 7.64. The number of carbonyl (C=O) groups is 1. The van der Waals surface area contributed by atoms with Crippen molar-refractivity contribution >= 4 is 11.6 Å². The number of likely N-dealkylation sites (tertiary alicyclic amines) is 1. The maximum Gasteiger partial charge on any atom is 0.231 e. The fourth-order valence-corrected chi connectivity index (χ4v) is 5.41. The number of hydrogen-bond acceptors (Lipinski definition) is 5. The highest BCUT2D eigenvalue weighted by Gasteiger charge is 2.36. The Labute approximate surface area is 209 Å². The van der Waals surface area contributed by atoms with Gasteiger partial charge in [0, 0.05) is 11.7 Å². The van der Waals surface area contributed by atoms with Crippen molar-refractivity contribution in [3.63, 3.8) is 0 Å². The van der Waals surface area contributed by atoms with E-state index in [9.17, 15) is 9.90 Å². The van der Waals surface area contributed by atoms with Crippen LogP contribution in [-0.4, -0.2) is 48.3 Å². The summed E-state index contributed by atoms with van der Waals surface area (Å²) in [6.45, 7) is 12.9. The molecule has 1 atom stereocenters. The zero-order chi connectivity index (χ0) is 25.3. The predicted molar refractivity (Wildman–Crippen MR) is 139 cm³/mol. The minimum atomic E-state index is -0.889. The van der Waals surface area contributed by atoms with Crippen LogP contribution in [0.4, 0.5) is 5.69 Å². The highest BCUT2D eigenvalue weighted by Crippen LogP contribution is 2.39. The topological polar surface area (TPSA) is 62.2 Å². The molecule has 190 valence electrons. The minimum absolute atomic E-state index is 0.0289. The summed E-state index contributed by atoms with van der Waals surface area (Å²) in [5, 5.41) is 11.4. The lowest BCUT2D eigenvalue weighted by Gasteiger charge is -2.41. The van der Waals surface area contributed by atoms with E-state index < -0.39 is 5.60 Å². The number of piperidine rings is 1. The maximum absolute atomic E-state index is 13.0. The first-order valence-corrected chi connectivity index (χ1v) is 12.8. The number of amides is 1. The molecule has 2 aromatic carbocycles. The molecule has 1 unspecified atom stereocenters. The quantitative estimate of drug-likeness (QED) is 0.611. The van der Waals surface area contributed by atoms with E-state index in [-0.39, 0.29) is 17.9 Å². The maximum atomic E-state index is 13.0. The summed E-state index contributed by atoms with van der Waals surface area (Å²) >= 11 is 0. The van der Waals surface area contributed by atoms with Gasteiger partial charge < -0.3 is 24.4 Å². The van der Waals surface area contributed by atoms with Gasteiger partial charge in [-0.15, -0.1) is 0 Å². The zero-order valence-corrected chi connectivity index (χ0v) is 22.0. The average Bonchev–Trinajstić information content (AvgIpc) is 2.83. The number of fused-ring (bicyclic) bond motifs is 1. The monoisotopic (exact) mass is 480 g/mol. The molecule has 2 aliphatic heterocycles. The molecule has 35 heavy (non-hydrogen) atoms. The third kappa shape index (κ3) is 5.34. The van der Waals surface area contributed by atoms with Gasteiger partial charge in [-0.2, -0.15) is 0 Å². The number of rotatable bonds is 7. The zero-order valence-electron chi connectivity index (χ0n) is 22.0. The van der Waals surface area contributed by atoms with E-state index in [4.69, 9.17) is 9.47 Å². The van der Waals surface area contributed by atoms with Gasteiger partial charge in [-0.05, 0) is 107 Å². The van der Waals surface area contributed by atoms with Crippen LogP contribution in [0.5, 0.6) is 11.5 Å². The largest absolute Gasteiger partial charge is 0.493 e. The summed E-state index contributed by atoms with van der Waals surface area (Å²) in [5.41, 5.74) is 2.91. The molecule has 0 aliphatic carbocycles. The Balaban J connectivity index is 1.51. The fourth-order valence-electron chi connectivity index (χ4n) is 5.41. The number of methoxy groups -OCH3 is 1. The second-order valence-corrected chi connectivity index (χ2v) is 10.7. The lowest BCUT2D eigenvalue weighted by molar-refractivity contribution is -0.118. The van der Waals surface area contributed by atoms with E-state index in [0.29, 0.717) is 30.5 Å². The van der Waals surface area contributed by atoms with Crippen LogP contribution in [-0.2, 0) is 23.4 Å². The first-order chi connectivity index (χ1) is 16.6. The Hall–Kier alpha value is -2.57. The van der Waals surface area contributed by atoms with Crippen molar-refractivity contribution in [1.29, 1.82) is 0 Å². The van der Waals surface area contributed by atoms with Gasteiger partial charge in [0.1, 0.15) is 0 Å². The SMILES string of the molecule is COc1cc2c(cc1OC(C)C)CN(c1ccc(C(C)(O)C3CCN(C(C)C)CC3)cc1)C(=O)C2. The molecule has 2 aromatic rings. The Morgan fingerprint density at radius 3 is 2.20 bits per heavy atom. The number of anilines is 1. The number of ether oxygens (including phenoxy) is 2. The van der Waals surface area contributed by atoms with Crippen LogP contribution >= 0.6 is 0 Å². The Bertz CT molecular complexity index is 1040. The Morgan fingerprint density at radius 1 is 1.00 bits per heavy atom. The van der Waals surface area contributed by atoms with E-state index in [0.717, 1.165) is 48.3 Å². The second-order valence-electron chi connectivity index (χ2n) is 10.7. The molecule has 2 heterocycles. The van der Waals surface area contributed by atoms with Gasteiger partial charge >= 0.3 is 0 Å². The first kappa shape index (κ1) is 25.5. The van der Waals surface area contributed by atoms with E-state index >= 15 is 0 Å². The van der Waals surface area contributed by atoms with Crippen molar-refractivity contribution in [2.24, 2.45) is 5.92 Å². The number of benzene rings is 2. The molecule has 0 saturated carbocycles. The smallest absolute Gasteiger partial charge is 0.231 e. The number of carbonyl (C=O) groups excluding carboxylic acids is 1. The molecule has 0 spiro atoms. The van der Waals surface area contributed by atoms with Gasteiger partial charge in [0.2, 0.25) is 5.91 Å². The van der Waals surface area contributed by atoms with Crippen molar-refractivity contribution in [1.82, 2.24) is 4.90 Å². The molecule has 6 heteroatoms. The average molecular weight is 481 g/mol. The molecule has 6 nitrogen and oxygen atoms in total. The van der Waals surface area contributed by atoms with Gasteiger partial charge in [0.15, 0.2) is 11.5 Å². The van der Waals surface area contributed by atoms with Gasteiger partial charge in [0.25, 0.3) is 0 Å². The molecule has 0 aromatic heterocycles. The molecular weight excluding hydrogens is 440 g/mol. The standard InChI is InChI=1S/C29H40N2O4/c1-19(2)30-13-11-24(12-14-30)29(5,33)23-7-9-25(10-8-23)31-18-22-16-27(35-20(3)4)26(34-6)15-21(22)17-28(31)32/h7-10,15-16,19-20,24,33H,11-14,17-18H2,1-6H3. The van der Waals surface area contributed by atoms with Crippen LogP contribution < -0.4 is 14.4 Å². The van der Waals surface area contributed by atoms with Crippen molar-refractivity contribution < 1.29 is 19.4 Å². The normalized spacial score (nSPS) is 19.1. The predicted octanol–water partition coefficient (Wildman–Crippen LogP) is 4.90. The van der Waals surface area contributed by atoms with Crippen LogP contribution in [0.15, 0.2) is 36.4 Å². The van der Waals surface area contributed by atoms with E-state index in [1.54, 1.807) is 7.11 Å². The van der Waals surface area contributed by atoms with Crippen molar-refractivity contribution in [3.8, 4) is 11.5 Å². The van der Waals surface area contributed by atoms with Crippen LogP contribution in [0.1, 0.15) is 64.2 Å². The van der Waals surface area contributed by atoms with Crippen LogP contribution in [0.25, 0.3) is 0 Å². The first-order valence-electron chi connectivity index (χ1n) is 12.8. The molecule has 0 bridgehead atoms. The summed E-state index contributed by atoms with van der Waals surface area (Å²) in [6, 6.07) is 12.4. The lowest BCUT2D eigenvalue weighted by Crippen LogP contribution is -2.44. The van der Waals surface area contributed by atoms with Crippen molar-refractivity contribution in [3.05, 3.63) is 53.1 Å². The summed E-state index contributed by atoms with van der Waals surface area (Å²) in [5.74, 6) is 1.63. The number of nitrogens with zero attached hydrogens (tertiary/aromatic N) is 2. The molecule has 1 saturated heterocycles. The Morgan fingerprint density at radius 2 is 1.63 bits per heavy atom. The highest BCUT2D eigenvalue weighted by atomic mass is 16.5. The molecule has 0 radical (unpaired) electrons. The molecule has 2 aliphatic rings. The molecule has 1 amide bonds.